The molecule has 1 unspecified atom stereocenters. The number of aromatic nitrogens is 2. The van der Waals surface area contributed by atoms with Crippen LogP contribution in [0.4, 0.5) is 11.6 Å². The maximum atomic E-state index is 6.07. The van der Waals surface area contributed by atoms with Crippen LogP contribution in [-0.2, 0) is 0 Å². The van der Waals surface area contributed by atoms with E-state index in [0.717, 1.165) is 16.9 Å². The summed E-state index contributed by atoms with van der Waals surface area (Å²) in [4.78, 5) is 12.4. The Morgan fingerprint density at radius 2 is 1.80 bits per heavy atom. The molecule has 102 valence electrons. The van der Waals surface area contributed by atoms with Crippen LogP contribution in [0.3, 0.4) is 0 Å². The molecule has 2 heterocycles. The van der Waals surface area contributed by atoms with E-state index in [0.29, 0.717) is 5.82 Å². The molecular weight excluding hydrogens is 268 g/mol. The third-order valence-electron chi connectivity index (χ3n) is 3.45. The maximum absolute atomic E-state index is 6.07. The molecule has 0 radical (unpaired) electrons. The second-order valence-electron chi connectivity index (χ2n) is 4.72. The summed E-state index contributed by atoms with van der Waals surface area (Å²) in [6, 6.07) is 12.2. The van der Waals surface area contributed by atoms with Gasteiger partial charge in [0.15, 0.2) is 11.6 Å². The Morgan fingerprint density at radius 3 is 2.45 bits per heavy atom. The van der Waals surface area contributed by atoms with Gasteiger partial charge in [-0.1, -0.05) is 18.2 Å². The molecule has 4 nitrogen and oxygen atoms in total. The van der Waals surface area contributed by atoms with Crippen molar-refractivity contribution in [2.24, 2.45) is 0 Å². The molecule has 0 aliphatic heterocycles. The van der Waals surface area contributed by atoms with Crippen molar-refractivity contribution in [3.8, 4) is 0 Å². The predicted octanol–water partition coefficient (Wildman–Crippen LogP) is 3.47. The van der Waals surface area contributed by atoms with Crippen molar-refractivity contribution in [2.45, 2.75) is 13.0 Å². The number of fused-ring (bicyclic) bond motifs is 1. The minimum atomic E-state index is 0.216. The van der Waals surface area contributed by atoms with Gasteiger partial charge in [-0.2, -0.15) is 0 Å². The Kier molecular flexibility index (Phi) is 3.28. The summed E-state index contributed by atoms with van der Waals surface area (Å²) in [5.41, 5.74) is 7.75. The van der Waals surface area contributed by atoms with Crippen molar-refractivity contribution in [3.05, 3.63) is 46.7 Å². The third kappa shape index (κ3) is 2.20. The van der Waals surface area contributed by atoms with Gasteiger partial charge in [0.05, 0.1) is 17.1 Å². The number of hydrogen-bond donors (Lipinski definition) is 1. The van der Waals surface area contributed by atoms with Crippen LogP contribution in [0.1, 0.15) is 17.8 Å². The van der Waals surface area contributed by atoms with Gasteiger partial charge in [0.1, 0.15) is 0 Å². The zero-order valence-electron chi connectivity index (χ0n) is 11.4. The molecule has 3 aromatic rings. The second-order valence-corrected chi connectivity index (χ2v) is 5.70. The number of benzene rings is 1. The lowest BCUT2D eigenvalue weighted by molar-refractivity contribution is 0.743. The Morgan fingerprint density at radius 1 is 1.10 bits per heavy atom. The van der Waals surface area contributed by atoms with Crippen LogP contribution in [0.2, 0.25) is 0 Å². The summed E-state index contributed by atoms with van der Waals surface area (Å²) in [5.74, 6) is 1.19. The summed E-state index contributed by atoms with van der Waals surface area (Å²) in [6.45, 7) is 2.14. The van der Waals surface area contributed by atoms with E-state index < -0.39 is 0 Å². The third-order valence-corrected chi connectivity index (χ3v) is 4.49. The van der Waals surface area contributed by atoms with Gasteiger partial charge in [-0.25, -0.2) is 9.97 Å². The Bertz CT molecular complexity index is 724. The molecule has 0 saturated carbocycles. The van der Waals surface area contributed by atoms with Crippen LogP contribution in [0.25, 0.3) is 11.0 Å². The van der Waals surface area contributed by atoms with E-state index in [1.807, 2.05) is 31.3 Å². The largest absolute Gasteiger partial charge is 0.381 e. The molecule has 2 N–H and O–H groups in total. The molecule has 1 aromatic carbocycles. The first-order valence-corrected chi connectivity index (χ1v) is 7.33. The molecule has 0 aliphatic carbocycles. The molecule has 0 bridgehead atoms. The maximum Gasteiger partial charge on any atom is 0.172 e. The standard InChI is InChI=1S/C15H16N4S/c1-10(13-8-5-9-20-13)19(2)15-14(16)17-11-6-3-4-7-12(11)18-15/h3-10H,1-2H3,(H2,16,17). The van der Waals surface area contributed by atoms with Crippen molar-refractivity contribution in [3.63, 3.8) is 0 Å². The normalized spacial score (nSPS) is 12.5. The number of para-hydroxylation sites is 2. The Labute approximate surface area is 121 Å². The van der Waals surface area contributed by atoms with Crippen LogP contribution in [0.15, 0.2) is 41.8 Å². The molecule has 5 heteroatoms. The second kappa shape index (κ2) is 5.09. The van der Waals surface area contributed by atoms with E-state index in [9.17, 15) is 0 Å². The quantitative estimate of drug-likeness (QED) is 0.800. The molecule has 0 amide bonds. The average molecular weight is 284 g/mol. The molecule has 0 aliphatic rings. The van der Waals surface area contributed by atoms with Crippen LogP contribution in [0, 0.1) is 0 Å². The van der Waals surface area contributed by atoms with Crippen molar-refractivity contribution >= 4 is 34.0 Å². The molecule has 0 spiro atoms. The zero-order chi connectivity index (χ0) is 14.1. The van der Waals surface area contributed by atoms with Gasteiger partial charge in [0.2, 0.25) is 0 Å². The molecule has 1 atom stereocenters. The number of hydrogen-bond acceptors (Lipinski definition) is 5. The fraction of sp³-hybridized carbons (Fsp3) is 0.200. The van der Waals surface area contributed by atoms with Crippen molar-refractivity contribution in [2.75, 3.05) is 17.7 Å². The first-order chi connectivity index (χ1) is 9.66. The SMILES string of the molecule is CC(c1cccs1)N(C)c1nc2ccccc2nc1N. The fourth-order valence-electron chi connectivity index (χ4n) is 2.17. The van der Waals surface area contributed by atoms with Crippen LogP contribution < -0.4 is 10.6 Å². The minimum absolute atomic E-state index is 0.216. The Hall–Kier alpha value is -2.14. The van der Waals surface area contributed by atoms with Crippen LogP contribution in [-0.4, -0.2) is 17.0 Å². The number of thiophene rings is 1. The zero-order valence-corrected chi connectivity index (χ0v) is 12.3. The summed E-state index contributed by atoms with van der Waals surface area (Å²) in [7, 11) is 2.00. The molecule has 2 aromatic heterocycles. The highest BCUT2D eigenvalue weighted by Gasteiger charge is 2.18. The van der Waals surface area contributed by atoms with Gasteiger partial charge in [-0.15, -0.1) is 11.3 Å². The van der Waals surface area contributed by atoms with E-state index in [-0.39, 0.29) is 6.04 Å². The lowest BCUT2D eigenvalue weighted by atomic mass is 10.2. The van der Waals surface area contributed by atoms with Gasteiger partial charge in [-0.3, -0.25) is 0 Å². The topological polar surface area (TPSA) is 55.0 Å². The monoisotopic (exact) mass is 284 g/mol. The van der Waals surface area contributed by atoms with Gasteiger partial charge in [-0.05, 0) is 30.5 Å². The molecule has 0 fully saturated rings. The van der Waals surface area contributed by atoms with Crippen LogP contribution >= 0.6 is 11.3 Å². The lowest BCUT2D eigenvalue weighted by Crippen LogP contribution is -2.23. The number of nitrogens with two attached hydrogens (primary N) is 1. The minimum Gasteiger partial charge on any atom is -0.381 e. The highest BCUT2D eigenvalue weighted by molar-refractivity contribution is 7.10. The summed E-state index contributed by atoms with van der Waals surface area (Å²) >= 11 is 1.73. The number of nitrogen functional groups attached to an aromatic ring is 1. The molecular formula is C15H16N4S. The van der Waals surface area contributed by atoms with E-state index in [2.05, 4.69) is 39.3 Å². The first kappa shape index (κ1) is 12.9. The van der Waals surface area contributed by atoms with Gasteiger partial charge >= 0.3 is 0 Å². The van der Waals surface area contributed by atoms with E-state index in [1.165, 1.54) is 4.88 Å². The smallest absolute Gasteiger partial charge is 0.172 e. The fourth-order valence-corrected chi connectivity index (χ4v) is 2.99. The summed E-state index contributed by atoms with van der Waals surface area (Å²) in [5, 5.41) is 2.08. The lowest BCUT2D eigenvalue weighted by Gasteiger charge is -2.26. The molecule has 0 saturated heterocycles. The predicted molar refractivity (Wildman–Crippen MR) is 85.1 cm³/mol. The van der Waals surface area contributed by atoms with Crippen molar-refractivity contribution < 1.29 is 0 Å². The number of nitrogens with zero attached hydrogens (tertiary/aromatic N) is 3. The summed E-state index contributed by atoms with van der Waals surface area (Å²) < 4.78 is 0. The highest BCUT2D eigenvalue weighted by atomic mass is 32.1. The molecule has 3 rings (SSSR count). The van der Waals surface area contributed by atoms with Crippen molar-refractivity contribution in [1.29, 1.82) is 0 Å². The average Bonchev–Trinajstić information content (AvgIpc) is 2.99. The molecule has 20 heavy (non-hydrogen) atoms. The van der Waals surface area contributed by atoms with E-state index in [1.54, 1.807) is 11.3 Å². The van der Waals surface area contributed by atoms with E-state index >= 15 is 0 Å². The first-order valence-electron chi connectivity index (χ1n) is 6.45. The van der Waals surface area contributed by atoms with Crippen molar-refractivity contribution in [1.82, 2.24) is 9.97 Å². The van der Waals surface area contributed by atoms with Gasteiger partial charge < -0.3 is 10.6 Å². The summed E-state index contributed by atoms with van der Waals surface area (Å²) in [6.07, 6.45) is 0. The van der Waals surface area contributed by atoms with Crippen LogP contribution in [0.5, 0.6) is 0 Å². The Balaban J connectivity index is 2.02. The van der Waals surface area contributed by atoms with E-state index in [4.69, 9.17) is 5.73 Å². The highest BCUT2D eigenvalue weighted by Crippen LogP contribution is 2.30. The number of rotatable bonds is 3. The van der Waals surface area contributed by atoms with Gasteiger partial charge in [0.25, 0.3) is 0 Å². The van der Waals surface area contributed by atoms with Gasteiger partial charge in [0, 0.05) is 11.9 Å². The number of anilines is 2.